The first kappa shape index (κ1) is 15.1. The number of hydrogen-bond acceptors (Lipinski definition) is 6. The molecule has 1 aromatic heterocycles. The quantitative estimate of drug-likeness (QED) is 0.589. The molecule has 8 nitrogen and oxygen atoms in total. The van der Waals surface area contributed by atoms with Crippen LogP contribution in [0.1, 0.15) is 5.56 Å². The maximum Gasteiger partial charge on any atom is 0.329 e. The second-order valence-corrected chi connectivity index (χ2v) is 3.94. The summed E-state index contributed by atoms with van der Waals surface area (Å²) in [7, 11) is 1.52. The van der Waals surface area contributed by atoms with E-state index < -0.39 is 5.97 Å². The first-order valence-electron chi connectivity index (χ1n) is 5.64. The van der Waals surface area contributed by atoms with E-state index in [1.54, 1.807) is 6.92 Å². The largest absolute Gasteiger partial charge is 0.480 e. The van der Waals surface area contributed by atoms with E-state index in [2.05, 4.69) is 15.5 Å². The smallest absolute Gasteiger partial charge is 0.329 e. The van der Waals surface area contributed by atoms with Crippen LogP contribution < -0.4 is 10.9 Å². The third kappa shape index (κ3) is 5.06. The third-order valence-corrected chi connectivity index (χ3v) is 2.38. The highest BCUT2D eigenvalue weighted by Gasteiger charge is 2.12. The molecule has 0 radical (unpaired) electrons. The van der Waals surface area contributed by atoms with Crippen molar-refractivity contribution in [3.8, 4) is 0 Å². The SMILES string of the molecule is COC[C@@H](COCC(=O)O)Nc1cn[nH]c(=O)c1C. The molecule has 1 heterocycles. The third-order valence-electron chi connectivity index (χ3n) is 2.38. The second kappa shape index (κ2) is 7.49. The average Bonchev–Trinajstić information content (AvgIpc) is 2.34. The number of carboxylic acid groups (broad SMARTS) is 1. The number of nitrogens with one attached hydrogen (secondary N) is 2. The van der Waals surface area contributed by atoms with Gasteiger partial charge in [0.1, 0.15) is 6.61 Å². The Bertz CT molecular complexity index is 474. The van der Waals surface area contributed by atoms with Gasteiger partial charge in [-0.15, -0.1) is 0 Å². The lowest BCUT2D eigenvalue weighted by atomic mass is 10.2. The zero-order valence-corrected chi connectivity index (χ0v) is 10.8. The maximum absolute atomic E-state index is 11.4. The zero-order chi connectivity index (χ0) is 14.3. The molecule has 1 atom stereocenters. The molecule has 0 aliphatic rings. The maximum atomic E-state index is 11.4. The Labute approximate surface area is 109 Å². The van der Waals surface area contributed by atoms with Gasteiger partial charge in [0.05, 0.1) is 31.1 Å². The van der Waals surface area contributed by atoms with E-state index in [0.717, 1.165) is 0 Å². The van der Waals surface area contributed by atoms with E-state index in [4.69, 9.17) is 14.6 Å². The molecule has 0 saturated carbocycles. The fraction of sp³-hybridized carbons (Fsp3) is 0.545. The summed E-state index contributed by atoms with van der Waals surface area (Å²) in [6.45, 7) is 1.73. The van der Waals surface area contributed by atoms with Gasteiger partial charge in [-0.05, 0) is 6.92 Å². The average molecular weight is 271 g/mol. The summed E-state index contributed by atoms with van der Waals surface area (Å²) < 4.78 is 10.0. The number of carboxylic acids is 1. The molecule has 106 valence electrons. The minimum Gasteiger partial charge on any atom is -0.480 e. The van der Waals surface area contributed by atoms with Crippen LogP contribution in [0, 0.1) is 6.92 Å². The van der Waals surface area contributed by atoms with Crippen LogP contribution in [0.4, 0.5) is 5.69 Å². The van der Waals surface area contributed by atoms with Crippen molar-refractivity contribution in [2.75, 3.05) is 32.2 Å². The van der Waals surface area contributed by atoms with E-state index in [1.165, 1.54) is 13.3 Å². The number of aromatic nitrogens is 2. The number of methoxy groups -OCH3 is 1. The zero-order valence-electron chi connectivity index (χ0n) is 10.8. The van der Waals surface area contributed by atoms with E-state index in [9.17, 15) is 9.59 Å². The van der Waals surface area contributed by atoms with Crippen molar-refractivity contribution in [2.24, 2.45) is 0 Å². The van der Waals surface area contributed by atoms with Crippen molar-refractivity contribution in [2.45, 2.75) is 13.0 Å². The topological polar surface area (TPSA) is 114 Å². The first-order valence-corrected chi connectivity index (χ1v) is 5.64. The molecule has 3 N–H and O–H groups in total. The predicted molar refractivity (Wildman–Crippen MR) is 67.3 cm³/mol. The van der Waals surface area contributed by atoms with Crippen LogP contribution in [0.2, 0.25) is 0 Å². The molecule has 0 unspecified atom stereocenters. The fourth-order valence-electron chi connectivity index (χ4n) is 1.45. The lowest BCUT2D eigenvalue weighted by Crippen LogP contribution is -2.32. The Morgan fingerprint density at radius 1 is 1.58 bits per heavy atom. The predicted octanol–water partition coefficient (Wildman–Crippen LogP) is -0.394. The summed E-state index contributed by atoms with van der Waals surface area (Å²) in [5, 5.41) is 17.5. The molecule has 0 bridgehead atoms. The van der Waals surface area contributed by atoms with Gasteiger partial charge in [0.2, 0.25) is 0 Å². The Kier molecular flexibility index (Phi) is 5.97. The normalized spacial score (nSPS) is 12.1. The van der Waals surface area contributed by atoms with Crippen LogP contribution in [0.5, 0.6) is 0 Å². The van der Waals surface area contributed by atoms with E-state index in [1.807, 2.05) is 0 Å². The molecule has 8 heteroatoms. The fourth-order valence-corrected chi connectivity index (χ4v) is 1.45. The first-order chi connectivity index (χ1) is 9.04. The number of nitrogens with zero attached hydrogens (tertiary/aromatic N) is 1. The number of carbonyl (C=O) groups is 1. The van der Waals surface area contributed by atoms with Gasteiger partial charge in [-0.25, -0.2) is 9.89 Å². The van der Waals surface area contributed by atoms with Gasteiger partial charge in [-0.2, -0.15) is 5.10 Å². The van der Waals surface area contributed by atoms with Crippen molar-refractivity contribution in [3.05, 3.63) is 22.1 Å². The van der Waals surface area contributed by atoms with Crippen LogP contribution in [0.15, 0.2) is 11.0 Å². The van der Waals surface area contributed by atoms with Crippen molar-refractivity contribution in [3.63, 3.8) is 0 Å². The van der Waals surface area contributed by atoms with Crippen LogP contribution in [0.3, 0.4) is 0 Å². The summed E-state index contributed by atoms with van der Waals surface area (Å²) in [5.41, 5.74) is 0.770. The van der Waals surface area contributed by atoms with E-state index >= 15 is 0 Å². The summed E-state index contributed by atoms with van der Waals surface area (Å²) in [4.78, 5) is 21.7. The van der Waals surface area contributed by atoms with Crippen molar-refractivity contribution >= 4 is 11.7 Å². The van der Waals surface area contributed by atoms with Gasteiger partial charge in [0, 0.05) is 12.7 Å². The molecule has 0 aliphatic heterocycles. The summed E-state index contributed by atoms with van der Waals surface area (Å²) >= 11 is 0. The number of rotatable bonds is 8. The van der Waals surface area contributed by atoms with Crippen LogP contribution >= 0.6 is 0 Å². The summed E-state index contributed by atoms with van der Waals surface area (Å²) in [5.74, 6) is -1.04. The lowest BCUT2D eigenvalue weighted by Gasteiger charge is -2.19. The number of anilines is 1. The number of aromatic amines is 1. The molecule has 0 aromatic carbocycles. The van der Waals surface area contributed by atoms with Gasteiger partial charge in [0.25, 0.3) is 5.56 Å². The Balaban J connectivity index is 2.64. The lowest BCUT2D eigenvalue weighted by molar-refractivity contribution is -0.142. The highest BCUT2D eigenvalue weighted by atomic mass is 16.5. The number of aliphatic carboxylic acids is 1. The monoisotopic (exact) mass is 271 g/mol. The van der Waals surface area contributed by atoms with Gasteiger partial charge < -0.3 is 19.9 Å². The number of hydrogen-bond donors (Lipinski definition) is 3. The summed E-state index contributed by atoms with van der Waals surface area (Å²) in [6, 6.07) is -0.272. The molecule has 0 aliphatic carbocycles. The number of ether oxygens (including phenoxy) is 2. The molecule has 19 heavy (non-hydrogen) atoms. The highest BCUT2D eigenvalue weighted by Crippen LogP contribution is 2.09. The van der Waals surface area contributed by atoms with Crippen molar-refractivity contribution in [1.82, 2.24) is 10.2 Å². The minimum atomic E-state index is -1.04. The molecular formula is C11H17N3O5. The van der Waals surface area contributed by atoms with Crippen molar-refractivity contribution < 1.29 is 19.4 Å². The highest BCUT2D eigenvalue weighted by molar-refractivity contribution is 5.68. The molecule has 1 rings (SSSR count). The van der Waals surface area contributed by atoms with Crippen LogP contribution in [-0.4, -0.2) is 54.2 Å². The van der Waals surface area contributed by atoms with E-state index in [-0.39, 0.29) is 24.8 Å². The molecular weight excluding hydrogens is 254 g/mol. The standard InChI is InChI=1S/C11H17N3O5/c1-7-9(3-12-14-11(7)17)13-8(4-18-2)5-19-6-10(15)16/h3,8H,4-6H2,1-2H3,(H,15,16)(H2,13,14,17)/t8-/m0/s1. The minimum absolute atomic E-state index is 0.145. The van der Waals surface area contributed by atoms with Gasteiger partial charge >= 0.3 is 5.97 Å². The molecule has 0 amide bonds. The van der Waals surface area contributed by atoms with Crippen molar-refractivity contribution in [1.29, 1.82) is 0 Å². The number of H-pyrrole nitrogens is 1. The molecule has 0 spiro atoms. The second-order valence-electron chi connectivity index (χ2n) is 3.94. The Hall–Kier alpha value is -1.93. The van der Waals surface area contributed by atoms with Gasteiger partial charge in [0.15, 0.2) is 0 Å². The molecule has 0 fully saturated rings. The van der Waals surface area contributed by atoms with E-state index in [0.29, 0.717) is 17.9 Å². The molecule has 0 saturated heterocycles. The Morgan fingerprint density at radius 3 is 2.95 bits per heavy atom. The van der Waals surface area contributed by atoms with Gasteiger partial charge in [-0.1, -0.05) is 0 Å². The van der Waals surface area contributed by atoms with Crippen LogP contribution in [-0.2, 0) is 14.3 Å². The Morgan fingerprint density at radius 2 is 2.32 bits per heavy atom. The molecule has 1 aromatic rings. The van der Waals surface area contributed by atoms with Crippen LogP contribution in [0.25, 0.3) is 0 Å². The van der Waals surface area contributed by atoms with Gasteiger partial charge in [-0.3, -0.25) is 4.79 Å². The summed E-state index contributed by atoms with van der Waals surface area (Å²) in [6.07, 6.45) is 1.48.